The maximum atomic E-state index is 10.7. The van der Waals surface area contributed by atoms with Crippen LogP contribution in [0.2, 0.25) is 5.02 Å². The van der Waals surface area contributed by atoms with Crippen molar-refractivity contribution in [3.05, 3.63) is 28.9 Å². The monoisotopic (exact) mass is 239 g/mol. The van der Waals surface area contributed by atoms with Crippen molar-refractivity contribution in [3.63, 3.8) is 0 Å². The number of aldehydes is 1. The number of H-pyrrole nitrogens is 1. The number of halogens is 1. The molecule has 0 atom stereocenters. The predicted molar refractivity (Wildman–Crippen MR) is 57.3 cm³/mol. The summed E-state index contributed by atoms with van der Waals surface area (Å²) in [5.74, 6) is 0.00404. The number of nitrogens with one attached hydrogen (secondary N) is 1. The van der Waals surface area contributed by atoms with Crippen molar-refractivity contribution in [2.24, 2.45) is 0 Å². The van der Waals surface area contributed by atoms with Gasteiger partial charge in [0.1, 0.15) is 0 Å². The highest BCUT2D eigenvalue weighted by Gasteiger charge is 2.13. The highest BCUT2D eigenvalue weighted by atomic mass is 35.5. The Bertz CT molecular complexity index is 575. The van der Waals surface area contributed by atoms with E-state index in [2.05, 4.69) is 9.72 Å². The topological polar surface area (TPSA) is 79.4 Å². The predicted octanol–water partition coefficient (Wildman–Crippen LogP) is 2.69. The summed E-state index contributed by atoms with van der Waals surface area (Å²) in [5.41, 5.74) is 1.00. The molecule has 0 aliphatic heterocycles. The van der Waals surface area contributed by atoms with E-state index < -0.39 is 6.16 Å². The zero-order valence-corrected chi connectivity index (χ0v) is 8.62. The normalized spacial score (nSPS) is 10.3. The number of fused-ring (bicyclic) bond motifs is 1. The summed E-state index contributed by atoms with van der Waals surface area (Å²) in [7, 11) is 0. The number of carbonyl (C=O) groups is 2. The van der Waals surface area contributed by atoms with E-state index in [0.29, 0.717) is 22.8 Å². The highest BCUT2D eigenvalue weighted by Crippen LogP contribution is 2.34. The third kappa shape index (κ3) is 1.61. The molecule has 0 saturated carbocycles. The van der Waals surface area contributed by atoms with E-state index in [1.165, 1.54) is 12.3 Å². The van der Waals surface area contributed by atoms with Gasteiger partial charge in [-0.1, -0.05) is 11.6 Å². The molecule has 0 amide bonds. The molecule has 1 aromatic heterocycles. The number of aromatic amines is 1. The van der Waals surface area contributed by atoms with Gasteiger partial charge in [0.25, 0.3) is 0 Å². The molecule has 0 fully saturated rings. The first kappa shape index (κ1) is 10.5. The zero-order valence-electron chi connectivity index (χ0n) is 7.86. The van der Waals surface area contributed by atoms with Crippen LogP contribution in [0.25, 0.3) is 10.9 Å². The van der Waals surface area contributed by atoms with Crippen molar-refractivity contribution in [3.8, 4) is 5.75 Å². The second kappa shape index (κ2) is 3.86. The SMILES string of the molecule is O=Cc1c[nH]c2ccc(OC(=O)O)c(Cl)c12. The number of rotatable bonds is 2. The lowest BCUT2D eigenvalue weighted by Gasteiger charge is -2.03. The van der Waals surface area contributed by atoms with Gasteiger partial charge in [-0.3, -0.25) is 4.79 Å². The van der Waals surface area contributed by atoms with Crippen LogP contribution in [0.3, 0.4) is 0 Å². The van der Waals surface area contributed by atoms with Crippen molar-refractivity contribution in [1.82, 2.24) is 4.98 Å². The van der Waals surface area contributed by atoms with Crippen molar-refractivity contribution >= 4 is 34.9 Å². The number of benzene rings is 1. The third-order valence-electron chi connectivity index (χ3n) is 2.10. The van der Waals surface area contributed by atoms with E-state index in [4.69, 9.17) is 16.7 Å². The lowest BCUT2D eigenvalue weighted by molar-refractivity contribution is 0.112. The van der Waals surface area contributed by atoms with E-state index >= 15 is 0 Å². The van der Waals surface area contributed by atoms with Crippen LogP contribution in [0, 0.1) is 0 Å². The fourth-order valence-corrected chi connectivity index (χ4v) is 1.77. The molecule has 0 spiro atoms. The van der Waals surface area contributed by atoms with Crippen molar-refractivity contribution < 1.29 is 19.4 Å². The Morgan fingerprint density at radius 2 is 2.25 bits per heavy atom. The van der Waals surface area contributed by atoms with Gasteiger partial charge in [0, 0.05) is 22.7 Å². The van der Waals surface area contributed by atoms with Gasteiger partial charge in [-0.15, -0.1) is 0 Å². The molecule has 0 aliphatic rings. The summed E-state index contributed by atoms with van der Waals surface area (Å²) in [5, 5.41) is 9.04. The van der Waals surface area contributed by atoms with Gasteiger partial charge in [-0.25, -0.2) is 4.79 Å². The first-order chi connectivity index (χ1) is 7.63. The fourth-order valence-electron chi connectivity index (χ4n) is 1.45. The lowest BCUT2D eigenvalue weighted by Crippen LogP contribution is -2.03. The van der Waals surface area contributed by atoms with Crippen LogP contribution in [0.5, 0.6) is 5.75 Å². The van der Waals surface area contributed by atoms with E-state index in [0.717, 1.165) is 0 Å². The molecular weight excluding hydrogens is 234 g/mol. The van der Waals surface area contributed by atoms with Crippen LogP contribution in [0.4, 0.5) is 4.79 Å². The third-order valence-corrected chi connectivity index (χ3v) is 2.48. The Hall–Kier alpha value is -2.01. The van der Waals surface area contributed by atoms with Gasteiger partial charge in [0.2, 0.25) is 0 Å². The summed E-state index contributed by atoms with van der Waals surface area (Å²) in [6.07, 6.45) is 0.674. The van der Waals surface area contributed by atoms with Crippen molar-refractivity contribution in [1.29, 1.82) is 0 Å². The van der Waals surface area contributed by atoms with Gasteiger partial charge in [0.15, 0.2) is 12.0 Å². The Morgan fingerprint density at radius 3 is 2.88 bits per heavy atom. The van der Waals surface area contributed by atoms with Crippen molar-refractivity contribution in [2.45, 2.75) is 0 Å². The molecule has 1 aromatic carbocycles. The quantitative estimate of drug-likeness (QED) is 0.480. The van der Waals surface area contributed by atoms with Gasteiger partial charge in [-0.2, -0.15) is 0 Å². The van der Waals surface area contributed by atoms with E-state index in [-0.39, 0.29) is 10.8 Å². The van der Waals surface area contributed by atoms with Gasteiger partial charge in [0.05, 0.1) is 5.02 Å². The molecule has 2 N–H and O–H groups in total. The number of hydrogen-bond donors (Lipinski definition) is 2. The van der Waals surface area contributed by atoms with Crippen LogP contribution < -0.4 is 4.74 Å². The molecule has 1 heterocycles. The second-order valence-corrected chi connectivity index (χ2v) is 3.41. The number of carbonyl (C=O) groups excluding carboxylic acids is 1. The maximum Gasteiger partial charge on any atom is 0.511 e. The number of ether oxygens (including phenoxy) is 1. The smallest absolute Gasteiger partial charge is 0.449 e. The van der Waals surface area contributed by atoms with Crippen LogP contribution in [-0.4, -0.2) is 22.5 Å². The standard InChI is InChI=1S/C10H6ClNO4/c11-9-7(16-10(14)15)2-1-6-8(9)5(4-13)3-12-6/h1-4,12H,(H,14,15). The number of carboxylic acid groups (broad SMARTS) is 1. The van der Waals surface area contributed by atoms with Gasteiger partial charge in [-0.05, 0) is 12.1 Å². The lowest BCUT2D eigenvalue weighted by atomic mass is 10.2. The average molecular weight is 240 g/mol. The average Bonchev–Trinajstić information content (AvgIpc) is 2.65. The molecular formula is C10H6ClNO4. The summed E-state index contributed by atoms with van der Waals surface area (Å²) in [6.45, 7) is 0. The molecule has 0 radical (unpaired) electrons. The van der Waals surface area contributed by atoms with E-state index in [1.54, 1.807) is 6.07 Å². The number of aromatic nitrogens is 1. The largest absolute Gasteiger partial charge is 0.511 e. The molecule has 0 bridgehead atoms. The maximum absolute atomic E-state index is 10.7. The van der Waals surface area contributed by atoms with Gasteiger partial charge >= 0.3 is 6.16 Å². The van der Waals surface area contributed by atoms with E-state index in [1.807, 2.05) is 0 Å². The first-order valence-electron chi connectivity index (χ1n) is 4.29. The Kier molecular flexibility index (Phi) is 2.54. The van der Waals surface area contributed by atoms with Crippen molar-refractivity contribution in [2.75, 3.05) is 0 Å². The molecule has 5 nitrogen and oxygen atoms in total. The number of hydrogen-bond acceptors (Lipinski definition) is 3. The molecule has 6 heteroatoms. The van der Waals surface area contributed by atoms with Crippen LogP contribution in [0.1, 0.15) is 10.4 Å². The molecule has 2 rings (SSSR count). The minimum atomic E-state index is -1.45. The molecule has 82 valence electrons. The molecule has 0 unspecified atom stereocenters. The van der Waals surface area contributed by atoms with Gasteiger partial charge < -0.3 is 14.8 Å². The minimum absolute atomic E-state index is 0.00404. The fraction of sp³-hybridized carbons (Fsp3) is 0. The van der Waals surface area contributed by atoms with Crippen LogP contribution >= 0.6 is 11.6 Å². The molecule has 16 heavy (non-hydrogen) atoms. The summed E-state index contributed by atoms with van der Waals surface area (Å²) < 4.78 is 4.48. The minimum Gasteiger partial charge on any atom is -0.449 e. The summed E-state index contributed by atoms with van der Waals surface area (Å²) in [6, 6.07) is 3.01. The summed E-state index contributed by atoms with van der Waals surface area (Å²) >= 11 is 5.94. The zero-order chi connectivity index (χ0) is 11.7. The van der Waals surface area contributed by atoms with Crippen LogP contribution in [-0.2, 0) is 0 Å². The molecule has 0 aliphatic carbocycles. The van der Waals surface area contributed by atoms with Crippen LogP contribution in [0.15, 0.2) is 18.3 Å². The summed E-state index contributed by atoms with van der Waals surface area (Å²) in [4.78, 5) is 24.0. The second-order valence-electron chi connectivity index (χ2n) is 3.03. The Balaban J connectivity index is 2.66. The van der Waals surface area contributed by atoms with E-state index in [9.17, 15) is 9.59 Å². The Morgan fingerprint density at radius 1 is 1.50 bits per heavy atom. The highest BCUT2D eigenvalue weighted by molar-refractivity contribution is 6.38. The molecule has 0 saturated heterocycles. The molecule has 2 aromatic rings. The Labute approximate surface area is 94.6 Å². The first-order valence-corrected chi connectivity index (χ1v) is 4.67.